The van der Waals surface area contributed by atoms with Crippen LogP contribution in [0.4, 0.5) is 18.9 Å². The molecule has 140 valence electrons. The van der Waals surface area contributed by atoms with Gasteiger partial charge in [0, 0.05) is 12.6 Å². The lowest BCUT2D eigenvalue weighted by atomic mass is 9.99. The molecule has 0 aliphatic carbocycles. The number of carbonyl (C=O) groups is 2. The molecule has 8 heteroatoms. The van der Waals surface area contributed by atoms with E-state index in [1.165, 1.54) is 12.1 Å². The van der Waals surface area contributed by atoms with Crippen LogP contribution >= 0.6 is 11.6 Å². The van der Waals surface area contributed by atoms with E-state index in [1.54, 1.807) is 0 Å². The summed E-state index contributed by atoms with van der Waals surface area (Å²) in [6, 6.07) is 4.23. The smallest absolute Gasteiger partial charge is 0.363 e. The molecule has 1 unspecified atom stereocenters. The first-order chi connectivity index (χ1) is 12.3. The minimum atomic E-state index is -4.57. The topological polar surface area (TPSA) is 40.6 Å². The molecule has 0 radical (unpaired) electrons. The van der Waals surface area contributed by atoms with Crippen LogP contribution in [0, 0.1) is 0 Å². The Bertz CT molecular complexity index is 776. The van der Waals surface area contributed by atoms with Crippen LogP contribution in [0.2, 0.25) is 0 Å². The second kappa shape index (κ2) is 6.95. The number of alkyl halides is 3. The Labute approximate surface area is 154 Å². The standard InChI is InChI=1S/C18H18ClF3N2O2/c1-2-12-7-3-4-9-23(12)15-14(19)16(25)24(17(15)26)13-8-5-6-11(10-13)18(20,21)22/h5-6,8,10,12H,2-4,7,9H2,1H3. The number of piperidine rings is 1. The number of carbonyl (C=O) groups excluding carboxylic acids is 2. The van der Waals surface area contributed by atoms with E-state index in [0.29, 0.717) is 6.54 Å². The first-order valence-electron chi connectivity index (χ1n) is 8.48. The highest BCUT2D eigenvalue weighted by atomic mass is 35.5. The second-order valence-electron chi connectivity index (χ2n) is 6.41. The number of nitrogens with zero attached hydrogens (tertiary/aromatic N) is 2. The minimum absolute atomic E-state index is 0.0886. The molecule has 1 atom stereocenters. The van der Waals surface area contributed by atoms with Crippen molar-refractivity contribution in [1.29, 1.82) is 0 Å². The van der Waals surface area contributed by atoms with Gasteiger partial charge in [-0.15, -0.1) is 0 Å². The summed E-state index contributed by atoms with van der Waals surface area (Å²) >= 11 is 6.16. The van der Waals surface area contributed by atoms with Gasteiger partial charge in [0.1, 0.15) is 10.7 Å². The quantitative estimate of drug-likeness (QED) is 0.727. The van der Waals surface area contributed by atoms with Gasteiger partial charge in [0.15, 0.2) is 0 Å². The summed E-state index contributed by atoms with van der Waals surface area (Å²) in [6.45, 7) is 2.59. The summed E-state index contributed by atoms with van der Waals surface area (Å²) < 4.78 is 38.9. The number of anilines is 1. The molecule has 0 saturated carbocycles. The molecule has 2 heterocycles. The fourth-order valence-corrected chi connectivity index (χ4v) is 3.79. The zero-order chi connectivity index (χ0) is 19.1. The largest absolute Gasteiger partial charge is 0.416 e. The minimum Gasteiger partial charge on any atom is -0.363 e. The molecule has 0 N–H and O–H groups in total. The van der Waals surface area contributed by atoms with E-state index in [2.05, 4.69) is 0 Å². The lowest BCUT2D eigenvalue weighted by molar-refractivity contribution is -0.137. The third-order valence-corrected chi connectivity index (χ3v) is 5.16. The highest BCUT2D eigenvalue weighted by molar-refractivity contribution is 6.52. The predicted molar refractivity (Wildman–Crippen MR) is 91.5 cm³/mol. The number of hydrogen-bond acceptors (Lipinski definition) is 3. The average molecular weight is 387 g/mol. The monoisotopic (exact) mass is 386 g/mol. The fourth-order valence-electron chi connectivity index (χ4n) is 3.52. The molecule has 0 spiro atoms. The number of amides is 2. The lowest BCUT2D eigenvalue weighted by Crippen LogP contribution is -2.42. The van der Waals surface area contributed by atoms with Gasteiger partial charge in [-0.3, -0.25) is 9.59 Å². The highest BCUT2D eigenvalue weighted by Crippen LogP contribution is 2.37. The maximum Gasteiger partial charge on any atom is 0.416 e. The molecule has 3 rings (SSSR count). The number of hydrogen-bond donors (Lipinski definition) is 0. The highest BCUT2D eigenvalue weighted by Gasteiger charge is 2.43. The van der Waals surface area contributed by atoms with Gasteiger partial charge < -0.3 is 4.90 Å². The van der Waals surface area contributed by atoms with Crippen molar-refractivity contribution in [3.63, 3.8) is 0 Å². The first kappa shape index (κ1) is 18.8. The number of imide groups is 1. The van der Waals surface area contributed by atoms with Gasteiger partial charge in [0.2, 0.25) is 0 Å². The summed E-state index contributed by atoms with van der Waals surface area (Å²) in [7, 11) is 0. The molecule has 4 nitrogen and oxygen atoms in total. The third kappa shape index (κ3) is 3.20. The molecule has 2 amide bonds. The Balaban J connectivity index is 1.96. The van der Waals surface area contributed by atoms with Gasteiger partial charge in [-0.05, 0) is 43.9 Å². The van der Waals surface area contributed by atoms with Crippen LogP contribution in [0.25, 0.3) is 0 Å². The lowest BCUT2D eigenvalue weighted by Gasteiger charge is -2.37. The summed E-state index contributed by atoms with van der Waals surface area (Å²) in [6.07, 6.45) is -0.995. The Kier molecular flexibility index (Phi) is 5.01. The van der Waals surface area contributed by atoms with E-state index < -0.39 is 23.6 Å². The first-order valence-corrected chi connectivity index (χ1v) is 8.86. The van der Waals surface area contributed by atoms with Crippen LogP contribution < -0.4 is 4.90 Å². The van der Waals surface area contributed by atoms with Crippen molar-refractivity contribution in [3.05, 3.63) is 40.6 Å². The molecule has 1 aromatic carbocycles. The molecule has 2 aliphatic heterocycles. The Morgan fingerprint density at radius 2 is 1.92 bits per heavy atom. The molecule has 2 aliphatic rings. The van der Waals surface area contributed by atoms with Crippen LogP contribution in [-0.4, -0.2) is 29.3 Å². The van der Waals surface area contributed by atoms with Gasteiger partial charge >= 0.3 is 6.18 Å². The van der Waals surface area contributed by atoms with Crippen LogP contribution in [0.5, 0.6) is 0 Å². The van der Waals surface area contributed by atoms with Crippen molar-refractivity contribution in [2.75, 3.05) is 11.4 Å². The van der Waals surface area contributed by atoms with Crippen LogP contribution in [-0.2, 0) is 15.8 Å². The predicted octanol–water partition coefficient (Wildman–Crippen LogP) is 4.29. The molecule has 1 fully saturated rings. The molecule has 0 bridgehead atoms. The van der Waals surface area contributed by atoms with Crippen LogP contribution in [0.1, 0.15) is 38.2 Å². The molecular weight excluding hydrogens is 369 g/mol. The maximum absolute atomic E-state index is 13.0. The second-order valence-corrected chi connectivity index (χ2v) is 6.79. The van der Waals surface area contributed by atoms with Gasteiger partial charge in [-0.25, -0.2) is 4.90 Å². The summed E-state index contributed by atoms with van der Waals surface area (Å²) in [4.78, 5) is 28.0. The van der Waals surface area contributed by atoms with Crippen LogP contribution in [0.3, 0.4) is 0 Å². The van der Waals surface area contributed by atoms with Gasteiger partial charge in [-0.1, -0.05) is 24.6 Å². The number of benzene rings is 1. The Morgan fingerprint density at radius 1 is 1.19 bits per heavy atom. The third-order valence-electron chi connectivity index (χ3n) is 4.82. The van der Waals surface area contributed by atoms with E-state index in [-0.39, 0.29) is 22.5 Å². The Morgan fingerprint density at radius 3 is 2.58 bits per heavy atom. The summed E-state index contributed by atoms with van der Waals surface area (Å²) in [5.41, 5.74) is -0.960. The number of rotatable bonds is 3. The van der Waals surface area contributed by atoms with E-state index >= 15 is 0 Å². The van der Waals surface area contributed by atoms with Crippen LogP contribution in [0.15, 0.2) is 35.0 Å². The van der Waals surface area contributed by atoms with E-state index in [1.807, 2.05) is 11.8 Å². The van der Waals surface area contributed by atoms with E-state index in [9.17, 15) is 22.8 Å². The number of likely N-dealkylation sites (tertiary alicyclic amines) is 1. The average Bonchev–Trinajstić information content (AvgIpc) is 2.83. The Hall–Kier alpha value is -2.02. The summed E-state index contributed by atoms with van der Waals surface area (Å²) in [5.74, 6) is -1.45. The van der Waals surface area contributed by atoms with Crippen molar-refractivity contribution in [3.8, 4) is 0 Å². The molecular formula is C18H18ClF3N2O2. The maximum atomic E-state index is 13.0. The molecule has 1 saturated heterocycles. The van der Waals surface area contributed by atoms with Crippen molar-refractivity contribution in [2.24, 2.45) is 0 Å². The van der Waals surface area contributed by atoms with E-state index in [0.717, 1.165) is 42.7 Å². The fraction of sp³-hybridized carbons (Fsp3) is 0.444. The van der Waals surface area contributed by atoms with Crippen molar-refractivity contribution in [1.82, 2.24) is 4.90 Å². The van der Waals surface area contributed by atoms with Gasteiger partial charge in [-0.2, -0.15) is 13.2 Å². The van der Waals surface area contributed by atoms with E-state index in [4.69, 9.17) is 11.6 Å². The molecule has 0 aromatic heterocycles. The summed E-state index contributed by atoms with van der Waals surface area (Å²) in [5, 5.41) is -0.229. The molecule has 26 heavy (non-hydrogen) atoms. The van der Waals surface area contributed by atoms with Gasteiger partial charge in [0.05, 0.1) is 11.3 Å². The van der Waals surface area contributed by atoms with Crippen molar-refractivity contribution < 1.29 is 22.8 Å². The molecule has 1 aromatic rings. The SMILES string of the molecule is CCC1CCCCN1C1=C(Cl)C(=O)N(c2cccc(C(F)(F)F)c2)C1=O. The normalized spacial score (nSPS) is 21.8. The zero-order valence-corrected chi connectivity index (χ0v) is 14.9. The number of halogens is 4. The zero-order valence-electron chi connectivity index (χ0n) is 14.1. The van der Waals surface area contributed by atoms with Gasteiger partial charge in [0.25, 0.3) is 11.8 Å². The van der Waals surface area contributed by atoms with Crippen molar-refractivity contribution in [2.45, 2.75) is 44.8 Å². The van der Waals surface area contributed by atoms with Crippen molar-refractivity contribution >= 4 is 29.1 Å².